The van der Waals surface area contributed by atoms with Gasteiger partial charge in [-0.25, -0.2) is 12.7 Å². The summed E-state index contributed by atoms with van der Waals surface area (Å²) in [5, 5.41) is 5.54. The van der Waals surface area contributed by atoms with Crippen LogP contribution in [0.15, 0.2) is 29.2 Å². The molecule has 0 bridgehead atoms. The molecule has 1 aromatic rings. The van der Waals surface area contributed by atoms with Crippen molar-refractivity contribution < 1.29 is 18.0 Å². The van der Waals surface area contributed by atoms with Gasteiger partial charge in [-0.15, -0.1) is 0 Å². The molecule has 0 saturated carbocycles. The van der Waals surface area contributed by atoms with Crippen molar-refractivity contribution >= 4 is 27.5 Å². The predicted octanol–water partition coefficient (Wildman–Crippen LogP) is 1.11. The normalized spacial score (nSPS) is 12.3. The smallest absolute Gasteiger partial charge is 0.242 e. The van der Waals surface area contributed by atoms with Crippen LogP contribution in [-0.4, -0.2) is 68.7 Å². The van der Waals surface area contributed by atoms with Gasteiger partial charge in [0.25, 0.3) is 0 Å². The van der Waals surface area contributed by atoms with Gasteiger partial charge in [0.05, 0.1) is 18.0 Å². The number of hydrogen-bond donors (Lipinski definition) is 2. The Hall–Kier alpha value is -1.97. The molecule has 27 heavy (non-hydrogen) atoms. The highest BCUT2D eigenvalue weighted by atomic mass is 32.2. The van der Waals surface area contributed by atoms with Crippen LogP contribution in [0.25, 0.3) is 0 Å². The average Bonchev–Trinajstić information content (AvgIpc) is 2.52. The third-order valence-electron chi connectivity index (χ3n) is 3.59. The van der Waals surface area contributed by atoms with E-state index in [1.54, 1.807) is 17.0 Å². The number of likely N-dealkylation sites (N-methyl/N-ethyl adjacent to an activating group) is 1. The Morgan fingerprint density at radius 1 is 1.07 bits per heavy atom. The number of amides is 2. The van der Waals surface area contributed by atoms with Gasteiger partial charge >= 0.3 is 0 Å². The SMILES string of the molecule is CCN(CC(=O)Nc1cccc(S(=O)(=O)N(C)C)c1)CC(=O)NC(C)(C)C. The van der Waals surface area contributed by atoms with Crippen molar-refractivity contribution in [1.82, 2.24) is 14.5 Å². The minimum absolute atomic E-state index is 0.0265. The van der Waals surface area contributed by atoms with E-state index in [0.29, 0.717) is 12.2 Å². The van der Waals surface area contributed by atoms with Crippen LogP contribution in [0.5, 0.6) is 0 Å². The van der Waals surface area contributed by atoms with E-state index in [2.05, 4.69) is 10.6 Å². The van der Waals surface area contributed by atoms with Crippen molar-refractivity contribution in [2.75, 3.05) is 39.0 Å². The molecule has 0 aliphatic carbocycles. The lowest BCUT2D eigenvalue weighted by Crippen LogP contribution is -2.47. The second kappa shape index (κ2) is 9.29. The van der Waals surface area contributed by atoms with Gasteiger partial charge in [-0.1, -0.05) is 13.0 Å². The molecule has 2 amide bonds. The Morgan fingerprint density at radius 2 is 1.67 bits per heavy atom. The molecule has 0 spiro atoms. The molecule has 0 aliphatic rings. The average molecular weight is 399 g/mol. The number of carbonyl (C=O) groups is 2. The third kappa shape index (κ3) is 7.66. The molecular formula is C18H30N4O4S. The van der Waals surface area contributed by atoms with Crippen molar-refractivity contribution in [2.45, 2.75) is 38.1 Å². The maximum Gasteiger partial charge on any atom is 0.242 e. The van der Waals surface area contributed by atoms with E-state index in [4.69, 9.17) is 0 Å². The van der Waals surface area contributed by atoms with E-state index in [-0.39, 0.29) is 35.3 Å². The number of nitrogens with one attached hydrogen (secondary N) is 2. The van der Waals surface area contributed by atoms with Gasteiger partial charge in [-0.2, -0.15) is 0 Å². The lowest BCUT2D eigenvalue weighted by molar-refractivity contribution is -0.124. The number of anilines is 1. The van der Waals surface area contributed by atoms with Crippen LogP contribution < -0.4 is 10.6 Å². The van der Waals surface area contributed by atoms with E-state index in [1.165, 1.54) is 26.2 Å². The maximum atomic E-state index is 12.3. The third-order valence-corrected chi connectivity index (χ3v) is 5.40. The highest BCUT2D eigenvalue weighted by Crippen LogP contribution is 2.18. The fourth-order valence-electron chi connectivity index (χ4n) is 2.29. The molecule has 0 saturated heterocycles. The molecule has 1 aromatic carbocycles. The zero-order valence-electron chi connectivity index (χ0n) is 16.9. The van der Waals surface area contributed by atoms with Gasteiger partial charge in [0.1, 0.15) is 0 Å². The predicted molar refractivity (Wildman–Crippen MR) is 106 cm³/mol. The second-order valence-electron chi connectivity index (χ2n) is 7.46. The molecular weight excluding hydrogens is 368 g/mol. The molecule has 0 atom stereocenters. The van der Waals surface area contributed by atoms with Crippen molar-refractivity contribution in [3.05, 3.63) is 24.3 Å². The molecule has 1 rings (SSSR count). The van der Waals surface area contributed by atoms with Gasteiger partial charge in [-0.3, -0.25) is 14.5 Å². The Balaban J connectivity index is 2.74. The minimum Gasteiger partial charge on any atom is -0.350 e. The van der Waals surface area contributed by atoms with Crippen molar-refractivity contribution in [2.24, 2.45) is 0 Å². The molecule has 152 valence electrons. The summed E-state index contributed by atoms with van der Waals surface area (Å²) in [5.74, 6) is -0.476. The van der Waals surface area contributed by atoms with E-state index < -0.39 is 10.0 Å². The summed E-state index contributed by atoms with van der Waals surface area (Å²) in [4.78, 5) is 26.1. The number of rotatable bonds is 8. The molecule has 0 radical (unpaired) electrons. The first-order valence-electron chi connectivity index (χ1n) is 8.71. The number of sulfonamides is 1. The molecule has 0 aliphatic heterocycles. The number of carbonyl (C=O) groups excluding carboxylic acids is 2. The van der Waals surface area contributed by atoms with Gasteiger partial charge in [0.15, 0.2) is 0 Å². The standard InChI is InChI=1S/C18H30N4O4S/c1-7-22(13-17(24)20-18(2,3)4)12-16(23)19-14-9-8-10-15(11-14)27(25,26)21(5)6/h8-11H,7,12-13H2,1-6H3,(H,19,23)(H,20,24). The number of hydrogen-bond acceptors (Lipinski definition) is 5. The van der Waals surface area contributed by atoms with E-state index in [1.807, 2.05) is 27.7 Å². The van der Waals surface area contributed by atoms with Crippen molar-refractivity contribution in [3.63, 3.8) is 0 Å². The molecule has 0 unspecified atom stereocenters. The van der Waals surface area contributed by atoms with Crippen LogP contribution in [-0.2, 0) is 19.6 Å². The quantitative estimate of drug-likeness (QED) is 0.684. The zero-order chi connectivity index (χ0) is 20.8. The number of nitrogens with zero attached hydrogens (tertiary/aromatic N) is 2. The summed E-state index contributed by atoms with van der Waals surface area (Å²) < 4.78 is 25.5. The summed E-state index contributed by atoms with van der Waals surface area (Å²) in [7, 11) is -0.684. The minimum atomic E-state index is -3.58. The first-order valence-corrected chi connectivity index (χ1v) is 10.1. The first-order chi connectivity index (χ1) is 12.3. The number of benzene rings is 1. The van der Waals surface area contributed by atoms with Crippen LogP contribution >= 0.6 is 0 Å². The fraction of sp³-hybridized carbons (Fsp3) is 0.556. The van der Waals surface area contributed by atoms with Crippen LogP contribution in [0.2, 0.25) is 0 Å². The molecule has 2 N–H and O–H groups in total. The molecule has 0 heterocycles. The van der Waals surface area contributed by atoms with Crippen LogP contribution in [0.4, 0.5) is 5.69 Å². The van der Waals surface area contributed by atoms with Gasteiger partial charge in [0.2, 0.25) is 21.8 Å². The van der Waals surface area contributed by atoms with Gasteiger partial charge in [-0.05, 0) is 45.5 Å². The topological polar surface area (TPSA) is 98.8 Å². The zero-order valence-corrected chi connectivity index (χ0v) is 17.7. The Bertz CT molecular complexity index is 770. The van der Waals surface area contributed by atoms with Crippen LogP contribution in [0, 0.1) is 0 Å². The first kappa shape index (κ1) is 23.1. The Morgan fingerprint density at radius 3 is 2.19 bits per heavy atom. The lowest BCUT2D eigenvalue weighted by Gasteiger charge is -2.24. The van der Waals surface area contributed by atoms with E-state index >= 15 is 0 Å². The largest absolute Gasteiger partial charge is 0.350 e. The van der Waals surface area contributed by atoms with Crippen molar-refractivity contribution in [1.29, 1.82) is 0 Å². The Labute approximate surface area is 162 Å². The summed E-state index contributed by atoms with van der Waals surface area (Å²) in [6, 6.07) is 6.07. The molecule has 0 fully saturated rings. The summed E-state index contributed by atoms with van der Waals surface area (Å²) in [6.07, 6.45) is 0. The van der Waals surface area contributed by atoms with Gasteiger partial charge in [0, 0.05) is 25.3 Å². The van der Waals surface area contributed by atoms with E-state index in [0.717, 1.165) is 4.31 Å². The highest BCUT2D eigenvalue weighted by molar-refractivity contribution is 7.89. The Kier molecular flexibility index (Phi) is 7.94. The van der Waals surface area contributed by atoms with E-state index in [9.17, 15) is 18.0 Å². The summed E-state index contributed by atoms with van der Waals surface area (Å²) in [6.45, 7) is 8.20. The highest BCUT2D eigenvalue weighted by Gasteiger charge is 2.19. The maximum absolute atomic E-state index is 12.3. The lowest BCUT2D eigenvalue weighted by atomic mass is 10.1. The van der Waals surface area contributed by atoms with Crippen molar-refractivity contribution in [3.8, 4) is 0 Å². The van der Waals surface area contributed by atoms with Gasteiger partial charge < -0.3 is 10.6 Å². The molecule has 9 heteroatoms. The monoisotopic (exact) mass is 398 g/mol. The summed E-state index contributed by atoms with van der Waals surface area (Å²) >= 11 is 0. The fourth-order valence-corrected chi connectivity index (χ4v) is 3.24. The summed E-state index contributed by atoms with van der Waals surface area (Å²) in [5.41, 5.74) is 0.0510. The second-order valence-corrected chi connectivity index (χ2v) is 9.62. The molecule has 8 nitrogen and oxygen atoms in total. The van der Waals surface area contributed by atoms with Crippen LogP contribution in [0.3, 0.4) is 0 Å². The van der Waals surface area contributed by atoms with Crippen LogP contribution in [0.1, 0.15) is 27.7 Å². The molecule has 0 aromatic heterocycles.